The van der Waals surface area contributed by atoms with Gasteiger partial charge in [-0.3, -0.25) is 9.78 Å². The zero-order valence-corrected chi connectivity index (χ0v) is 20.8. The number of pyridine rings is 2. The van der Waals surface area contributed by atoms with Crippen molar-refractivity contribution in [1.29, 1.82) is 0 Å². The Morgan fingerprint density at radius 2 is 1.76 bits per heavy atom. The maximum atomic E-state index is 13.4. The van der Waals surface area contributed by atoms with Crippen LogP contribution in [0.15, 0.2) is 89.9 Å². The quantitative estimate of drug-likeness (QED) is 0.382. The molecule has 0 spiro atoms. The molecule has 192 valence electrons. The molecular weight excluding hydrogens is 481 g/mol. The van der Waals surface area contributed by atoms with Crippen LogP contribution in [-0.4, -0.2) is 33.6 Å². The second-order valence-corrected chi connectivity index (χ2v) is 9.99. The molecule has 38 heavy (non-hydrogen) atoms. The molecule has 7 nitrogen and oxygen atoms in total. The van der Waals surface area contributed by atoms with Gasteiger partial charge in [0.1, 0.15) is 11.5 Å². The van der Waals surface area contributed by atoms with Gasteiger partial charge in [0, 0.05) is 55.2 Å². The van der Waals surface area contributed by atoms with Crippen molar-refractivity contribution in [3.63, 3.8) is 0 Å². The van der Waals surface area contributed by atoms with Gasteiger partial charge in [-0.15, -0.1) is 0 Å². The summed E-state index contributed by atoms with van der Waals surface area (Å²) in [7, 11) is 0. The summed E-state index contributed by atoms with van der Waals surface area (Å²) in [6.45, 7) is 2.24. The first-order valence-corrected chi connectivity index (χ1v) is 12.8. The fourth-order valence-electron chi connectivity index (χ4n) is 5.51. The fourth-order valence-corrected chi connectivity index (χ4v) is 5.51. The normalized spacial score (nSPS) is 18.0. The molecule has 2 aromatic heterocycles. The lowest BCUT2D eigenvalue weighted by Gasteiger charge is -2.42. The van der Waals surface area contributed by atoms with E-state index in [4.69, 9.17) is 0 Å². The van der Waals surface area contributed by atoms with Crippen molar-refractivity contribution < 1.29 is 9.18 Å². The number of aromatic nitrogens is 2. The van der Waals surface area contributed by atoms with E-state index in [1.54, 1.807) is 23.2 Å². The van der Waals surface area contributed by atoms with Gasteiger partial charge in [-0.2, -0.15) is 0 Å². The summed E-state index contributed by atoms with van der Waals surface area (Å²) in [5.41, 5.74) is 5.14. The molecule has 8 heteroatoms. The van der Waals surface area contributed by atoms with Gasteiger partial charge >= 0.3 is 6.03 Å². The van der Waals surface area contributed by atoms with Crippen molar-refractivity contribution >= 4 is 17.4 Å². The van der Waals surface area contributed by atoms with E-state index in [-0.39, 0.29) is 29.2 Å². The van der Waals surface area contributed by atoms with Crippen molar-refractivity contribution in [1.82, 2.24) is 14.5 Å². The number of carbonyl (C=O) groups excluding carboxylic acids is 1. The molecule has 2 amide bonds. The van der Waals surface area contributed by atoms with Gasteiger partial charge in [-0.1, -0.05) is 30.3 Å². The number of rotatable bonds is 5. The van der Waals surface area contributed by atoms with Crippen molar-refractivity contribution in [2.24, 2.45) is 5.92 Å². The van der Waals surface area contributed by atoms with E-state index in [2.05, 4.69) is 15.6 Å². The summed E-state index contributed by atoms with van der Waals surface area (Å²) >= 11 is 0. The third kappa shape index (κ3) is 4.89. The summed E-state index contributed by atoms with van der Waals surface area (Å²) in [5.74, 6) is -0.0420. The van der Waals surface area contributed by atoms with Gasteiger partial charge in [-0.25, -0.2) is 9.18 Å². The average molecular weight is 510 g/mol. The summed E-state index contributed by atoms with van der Waals surface area (Å²) in [6.07, 6.45) is 2.73. The number of hydrogen-bond donors (Lipinski definition) is 2. The number of carbonyl (C=O) groups is 1. The first-order valence-electron chi connectivity index (χ1n) is 12.8. The van der Waals surface area contributed by atoms with Crippen molar-refractivity contribution in [2.75, 3.05) is 23.7 Å². The van der Waals surface area contributed by atoms with Crippen LogP contribution in [0.25, 0.3) is 11.3 Å². The lowest BCUT2D eigenvalue weighted by molar-refractivity contribution is 0.139. The minimum atomic E-state index is -0.343. The van der Waals surface area contributed by atoms with Crippen molar-refractivity contribution in [3.8, 4) is 11.3 Å². The predicted molar refractivity (Wildman–Crippen MR) is 146 cm³/mol. The molecule has 2 bridgehead atoms. The molecule has 4 aromatic rings. The summed E-state index contributed by atoms with van der Waals surface area (Å²) in [4.78, 5) is 32.4. The maximum absolute atomic E-state index is 13.4. The zero-order valence-electron chi connectivity index (χ0n) is 20.8. The van der Waals surface area contributed by atoms with Gasteiger partial charge in [0.25, 0.3) is 5.56 Å². The predicted octanol–water partition coefficient (Wildman–Crippen LogP) is 5.31. The molecule has 2 N–H and O–H groups in total. The number of hydrogen-bond acceptors (Lipinski definition) is 4. The molecule has 2 aromatic carbocycles. The van der Waals surface area contributed by atoms with Gasteiger partial charge in [0.2, 0.25) is 0 Å². The Labute approximate surface area is 220 Å². The summed E-state index contributed by atoms with van der Waals surface area (Å²) in [6, 6.07) is 23.4. The van der Waals surface area contributed by atoms with E-state index in [1.807, 2.05) is 59.2 Å². The molecule has 0 aliphatic carbocycles. The van der Waals surface area contributed by atoms with Gasteiger partial charge in [0.05, 0.1) is 5.69 Å². The van der Waals surface area contributed by atoms with E-state index in [0.29, 0.717) is 37.6 Å². The Morgan fingerprint density at radius 3 is 2.53 bits per heavy atom. The minimum absolute atomic E-state index is 0.0217. The number of halogens is 1. The van der Waals surface area contributed by atoms with E-state index in [1.165, 1.54) is 12.1 Å². The van der Waals surface area contributed by atoms with Crippen LogP contribution in [0.4, 0.5) is 20.6 Å². The standard InChI is InChI=1S/C30H28FN5O2/c31-24-8-10-25(11-9-24)34-30(38)35-17-21-15-23(19-35)28-13-12-27(29(37)36(28)18-21)33-16-20-4-6-22(7-5-20)26-3-1-2-14-32-26/h1-14,21,23,33H,15-19H2,(H,34,38)/t21-,23+/m0/s1. The molecule has 2 aliphatic heterocycles. The van der Waals surface area contributed by atoms with Crippen LogP contribution < -0.4 is 16.2 Å². The third-order valence-corrected chi connectivity index (χ3v) is 7.38. The first-order chi connectivity index (χ1) is 18.5. The highest BCUT2D eigenvalue weighted by Crippen LogP contribution is 2.35. The number of piperidine rings is 1. The number of anilines is 2. The third-order valence-electron chi connectivity index (χ3n) is 7.38. The van der Waals surface area contributed by atoms with Crippen LogP contribution in [0.5, 0.6) is 0 Å². The molecular formula is C30H28FN5O2. The van der Waals surface area contributed by atoms with E-state index < -0.39 is 0 Å². The Kier molecular flexibility index (Phi) is 6.37. The van der Waals surface area contributed by atoms with E-state index in [0.717, 1.165) is 28.9 Å². The highest BCUT2D eigenvalue weighted by molar-refractivity contribution is 5.89. The number of likely N-dealkylation sites (tertiary alicyclic amines) is 1. The second-order valence-electron chi connectivity index (χ2n) is 9.99. The molecule has 6 rings (SSSR count). The molecule has 0 saturated carbocycles. The van der Waals surface area contributed by atoms with Gasteiger partial charge in [0.15, 0.2) is 0 Å². The summed E-state index contributed by atoms with van der Waals surface area (Å²) < 4.78 is 15.1. The Bertz CT molecular complexity index is 1500. The Balaban J connectivity index is 1.12. The number of amides is 2. The molecule has 2 atom stereocenters. The fraction of sp³-hybridized carbons (Fsp3) is 0.233. The largest absolute Gasteiger partial charge is 0.377 e. The molecule has 1 saturated heterocycles. The second kappa shape index (κ2) is 10.1. The minimum Gasteiger partial charge on any atom is -0.377 e. The number of benzene rings is 2. The zero-order chi connectivity index (χ0) is 26.1. The monoisotopic (exact) mass is 509 g/mol. The Hall–Kier alpha value is -4.46. The lowest BCUT2D eigenvalue weighted by atomic mass is 9.83. The highest BCUT2D eigenvalue weighted by Gasteiger charge is 2.36. The molecule has 1 fully saturated rings. The Morgan fingerprint density at radius 1 is 0.947 bits per heavy atom. The van der Waals surface area contributed by atoms with Crippen LogP contribution in [0, 0.1) is 11.7 Å². The van der Waals surface area contributed by atoms with Crippen LogP contribution in [0.2, 0.25) is 0 Å². The number of nitrogens with zero attached hydrogens (tertiary/aromatic N) is 3. The SMILES string of the molecule is O=C(Nc1ccc(F)cc1)N1C[C@@H]2C[C@H](C1)c1ccc(NCc3ccc(-c4ccccn4)cc3)c(=O)n1C2. The number of urea groups is 1. The van der Waals surface area contributed by atoms with Crippen molar-refractivity contribution in [2.45, 2.75) is 25.4 Å². The molecule has 2 aliphatic rings. The number of fused-ring (bicyclic) bond motifs is 4. The van der Waals surface area contributed by atoms with Crippen LogP contribution in [-0.2, 0) is 13.1 Å². The topological polar surface area (TPSA) is 79.3 Å². The number of nitrogens with one attached hydrogen (secondary N) is 2. The van der Waals surface area contributed by atoms with Crippen molar-refractivity contribution in [3.05, 3.63) is 112 Å². The van der Waals surface area contributed by atoms with E-state index >= 15 is 0 Å². The molecule has 4 heterocycles. The maximum Gasteiger partial charge on any atom is 0.321 e. The van der Waals surface area contributed by atoms with Gasteiger partial charge < -0.3 is 20.1 Å². The smallest absolute Gasteiger partial charge is 0.321 e. The van der Waals surface area contributed by atoms with Crippen LogP contribution >= 0.6 is 0 Å². The lowest BCUT2D eigenvalue weighted by Crippen LogP contribution is -2.50. The highest BCUT2D eigenvalue weighted by atomic mass is 19.1. The molecule has 0 unspecified atom stereocenters. The average Bonchev–Trinajstić information content (AvgIpc) is 2.95. The van der Waals surface area contributed by atoms with Crippen LogP contribution in [0.3, 0.4) is 0 Å². The first kappa shape index (κ1) is 23.9. The van der Waals surface area contributed by atoms with E-state index in [9.17, 15) is 14.0 Å². The summed E-state index contributed by atoms with van der Waals surface area (Å²) in [5, 5.41) is 6.17. The molecule has 0 radical (unpaired) electrons. The van der Waals surface area contributed by atoms with Crippen LogP contribution in [0.1, 0.15) is 23.6 Å². The van der Waals surface area contributed by atoms with Gasteiger partial charge in [-0.05, 0) is 66.4 Å².